The van der Waals surface area contributed by atoms with Crippen LogP contribution in [0.1, 0.15) is 19.4 Å². The summed E-state index contributed by atoms with van der Waals surface area (Å²) < 4.78 is 16.3. The molecule has 0 amide bonds. The molecule has 0 heterocycles. The molecular formula is C12H18NO5P. The number of hydrogen-bond donors (Lipinski definition) is 3. The van der Waals surface area contributed by atoms with Crippen LogP contribution in [0.15, 0.2) is 30.3 Å². The van der Waals surface area contributed by atoms with Crippen LogP contribution in [-0.4, -0.2) is 21.0 Å². The molecule has 106 valence electrons. The van der Waals surface area contributed by atoms with E-state index in [2.05, 4.69) is 0 Å². The van der Waals surface area contributed by atoms with Gasteiger partial charge in [0.25, 0.3) is 0 Å². The Morgan fingerprint density at radius 2 is 1.89 bits per heavy atom. The van der Waals surface area contributed by atoms with Gasteiger partial charge in [-0.3, -0.25) is 4.57 Å². The molecule has 1 aromatic carbocycles. The Morgan fingerprint density at radius 3 is 2.32 bits per heavy atom. The lowest BCUT2D eigenvalue weighted by Gasteiger charge is -2.31. The van der Waals surface area contributed by atoms with Gasteiger partial charge >= 0.3 is 13.6 Å². The number of benzene rings is 1. The van der Waals surface area contributed by atoms with Gasteiger partial charge in [-0.25, -0.2) is 4.79 Å². The molecule has 4 N–H and O–H groups in total. The van der Waals surface area contributed by atoms with Crippen molar-refractivity contribution in [3.05, 3.63) is 35.9 Å². The van der Waals surface area contributed by atoms with Gasteiger partial charge in [-0.15, -0.1) is 0 Å². The molecular weight excluding hydrogens is 269 g/mol. The number of ether oxygens (including phenoxy) is 1. The molecule has 0 fully saturated rings. The molecule has 1 rings (SSSR count). The monoisotopic (exact) mass is 287 g/mol. The van der Waals surface area contributed by atoms with Crippen molar-refractivity contribution in [1.29, 1.82) is 0 Å². The van der Waals surface area contributed by atoms with Crippen LogP contribution in [0.25, 0.3) is 0 Å². The molecule has 0 aliphatic rings. The summed E-state index contributed by atoms with van der Waals surface area (Å²) in [5.74, 6) is -1.85. The van der Waals surface area contributed by atoms with Gasteiger partial charge in [0.15, 0.2) is 0 Å². The number of nitrogens with two attached hydrogens (primary N) is 1. The largest absolute Gasteiger partial charge is 0.459 e. The summed E-state index contributed by atoms with van der Waals surface area (Å²) in [7, 11) is -4.82. The zero-order valence-electron chi connectivity index (χ0n) is 10.8. The van der Waals surface area contributed by atoms with Crippen LogP contribution in [0.3, 0.4) is 0 Å². The maximum absolute atomic E-state index is 11.9. The minimum Gasteiger partial charge on any atom is -0.459 e. The van der Waals surface area contributed by atoms with Crippen LogP contribution in [-0.2, 0) is 20.7 Å². The normalized spacial score (nSPS) is 15.1. The van der Waals surface area contributed by atoms with Crippen LogP contribution >= 0.6 is 7.60 Å². The van der Waals surface area contributed by atoms with E-state index >= 15 is 0 Å². The molecule has 0 saturated heterocycles. The van der Waals surface area contributed by atoms with Gasteiger partial charge in [0.05, 0.1) is 0 Å². The fourth-order valence-corrected chi connectivity index (χ4v) is 2.50. The SMILES string of the molecule is CC(C)C(N)(C(=O)OCc1ccccc1)P(=O)(O)O. The van der Waals surface area contributed by atoms with E-state index in [9.17, 15) is 19.1 Å². The zero-order valence-corrected chi connectivity index (χ0v) is 11.7. The first-order valence-electron chi connectivity index (χ1n) is 5.75. The van der Waals surface area contributed by atoms with Crippen molar-refractivity contribution in [3.8, 4) is 0 Å². The Hall–Kier alpha value is -1.20. The number of hydrogen-bond acceptors (Lipinski definition) is 4. The first kappa shape index (κ1) is 15.9. The molecule has 7 heteroatoms. The zero-order chi connectivity index (χ0) is 14.7. The topological polar surface area (TPSA) is 110 Å². The molecule has 0 spiro atoms. The molecule has 0 radical (unpaired) electrons. The maximum atomic E-state index is 11.9. The Labute approximate surface area is 111 Å². The quantitative estimate of drug-likeness (QED) is 0.555. The smallest absolute Gasteiger partial charge is 0.356 e. The van der Waals surface area contributed by atoms with Crippen molar-refractivity contribution >= 4 is 13.6 Å². The second-order valence-electron chi connectivity index (χ2n) is 4.59. The first-order valence-corrected chi connectivity index (χ1v) is 7.36. The first-order chi connectivity index (χ1) is 8.69. The summed E-state index contributed by atoms with van der Waals surface area (Å²) in [5.41, 5.74) is 6.30. The summed E-state index contributed by atoms with van der Waals surface area (Å²) >= 11 is 0. The van der Waals surface area contributed by atoms with Crippen LogP contribution in [0.5, 0.6) is 0 Å². The molecule has 1 atom stereocenters. The van der Waals surface area contributed by atoms with Crippen molar-refractivity contribution in [2.75, 3.05) is 0 Å². The molecule has 0 bridgehead atoms. The minimum absolute atomic E-state index is 0.0780. The van der Waals surface area contributed by atoms with E-state index in [0.29, 0.717) is 5.56 Å². The second kappa shape index (κ2) is 5.84. The fourth-order valence-electron chi connectivity index (χ4n) is 1.53. The second-order valence-corrected chi connectivity index (χ2v) is 6.41. The maximum Gasteiger partial charge on any atom is 0.356 e. The predicted octanol–water partition coefficient (Wildman–Crippen LogP) is 1.22. The van der Waals surface area contributed by atoms with Gasteiger partial charge in [0.2, 0.25) is 5.28 Å². The molecule has 19 heavy (non-hydrogen) atoms. The average molecular weight is 287 g/mol. The van der Waals surface area contributed by atoms with Crippen molar-refractivity contribution in [2.45, 2.75) is 25.7 Å². The van der Waals surface area contributed by atoms with Crippen molar-refractivity contribution in [2.24, 2.45) is 11.7 Å². The van der Waals surface area contributed by atoms with Crippen LogP contribution in [0.2, 0.25) is 0 Å². The predicted molar refractivity (Wildman–Crippen MR) is 70.0 cm³/mol. The highest BCUT2D eigenvalue weighted by Gasteiger charge is 2.54. The number of esters is 1. The highest BCUT2D eigenvalue weighted by atomic mass is 31.2. The van der Waals surface area contributed by atoms with E-state index < -0.39 is 24.8 Å². The highest BCUT2D eigenvalue weighted by Crippen LogP contribution is 2.51. The van der Waals surface area contributed by atoms with E-state index in [1.165, 1.54) is 13.8 Å². The van der Waals surface area contributed by atoms with E-state index in [-0.39, 0.29) is 6.61 Å². The fraction of sp³-hybridized carbons (Fsp3) is 0.417. The summed E-state index contributed by atoms with van der Waals surface area (Å²) in [4.78, 5) is 30.4. The van der Waals surface area contributed by atoms with Crippen molar-refractivity contribution in [1.82, 2.24) is 0 Å². The lowest BCUT2D eigenvalue weighted by molar-refractivity contribution is -0.150. The van der Waals surface area contributed by atoms with Gasteiger partial charge in [-0.05, 0) is 11.5 Å². The summed E-state index contributed by atoms with van der Waals surface area (Å²) in [6, 6.07) is 8.81. The van der Waals surface area contributed by atoms with E-state index in [1.54, 1.807) is 24.3 Å². The summed E-state index contributed by atoms with van der Waals surface area (Å²) in [6.45, 7) is 2.84. The lowest BCUT2D eigenvalue weighted by Crippen LogP contribution is -2.52. The molecule has 0 aromatic heterocycles. The van der Waals surface area contributed by atoms with Crippen LogP contribution < -0.4 is 5.73 Å². The Morgan fingerprint density at radius 1 is 1.37 bits per heavy atom. The van der Waals surface area contributed by atoms with Gasteiger partial charge in [0, 0.05) is 0 Å². The summed E-state index contributed by atoms with van der Waals surface area (Å²) in [5, 5.41) is -2.32. The molecule has 6 nitrogen and oxygen atoms in total. The van der Waals surface area contributed by atoms with Crippen molar-refractivity contribution in [3.63, 3.8) is 0 Å². The lowest BCUT2D eigenvalue weighted by atomic mass is 10.1. The molecule has 1 aromatic rings. The average Bonchev–Trinajstić information content (AvgIpc) is 2.34. The number of rotatable bonds is 5. The van der Waals surface area contributed by atoms with Gasteiger partial charge in [-0.2, -0.15) is 0 Å². The molecule has 0 aliphatic heterocycles. The van der Waals surface area contributed by atoms with E-state index in [1.807, 2.05) is 6.07 Å². The number of carbonyl (C=O) groups is 1. The highest BCUT2D eigenvalue weighted by molar-refractivity contribution is 7.54. The molecule has 0 saturated carbocycles. The third-order valence-corrected chi connectivity index (χ3v) is 4.56. The van der Waals surface area contributed by atoms with Gasteiger partial charge < -0.3 is 20.3 Å². The Balaban J connectivity index is 2.83. The van der Waals surface area contributed by atoms with Crippen molar-refractivity contribution < 1.29 is 23.9 Å². The number of carbonyl (C=O) groups excluding carboxylic acids is 1. The summed E-state index contributed by atoms with van der Waals surface area (Å²) in [6.07, 6.45) is 0. The van der Waals surface area contributed by atoms with Gasteiger partial charge in [-0.1, -0.05) is 44.2 Å². The Kier molecular flexibility index (Phi) is 4.87. The van der Waals surface area contributed by atoms with Crippen LogP contribution in [0, 0.1) is 5.92 Å². The third kappa shape index (κ3) is 3.42. The van der Waals surface area contributed by atoms with Crippen LogP contribution in [0.4, 0.5) is 0 Å². The minimum atomic E-state index is -4.82. The molecule has 1 unspecified atom stereocenters. The standard InChI is InChI=1S/C12H18NO5P/c1-9(2)12(13,19(15,16)17)11(14)18-8-10-6-4-3-5-7-10/h3-7,9H,8,13H2,1-2H3,(H2,15,16,17). The van der Waals surface area contributed by atoms with E-state index in [0.717, 1.165) is 0 Å². The molecule has 0 aliphatic carbocycles. The Bertz CT molecular complexity index is 484. The van der Waals surface area contributed by atoms with E-state index in [4.69, 9.17) is 10.5 Å². The van der Waals surface area contributed by atoms with Gasteiger partial charge in [0.1, 0.15) is 6.61 Å². The third-order valence-electron chi connectivity index (χ3n) is 2.90.